The van der Waals surface area contributed by atoms with Crippen LogP contribution in [0.3, 0.4) is 0 Å². The Morgan fingerprint density at radius 2 is 2.38 bits per heavy atom. The second-order valence-electron chi connectivity index (χ2n) is 2.69. The zero-order valence-corrected chi connectivity index (χ0v) is 10.2. The largest absolute Gasteiger partial charge is 0.294 e. The molecule has 1 aliphatic rings. The van der Waals surface area contributed by atoms with E-state index in [1.54, 1.807) is 5.01 Å². The lowest BCUT2D eigenvalue weighted by molar-refractivity contribution is -0.502. The zero-order chi connectivity index (χ0) is 10.0. The van der Waals surface area contributed by atoms with Gasteiger partial charge in [-0.05, 0) is 22.4 Å². The predicted molar refractivity (Wildman–Crippen MR) is 56.9 cm³/mol. The van der Waals surface area contributed by atoms with E-state index in [9.17, 15) is 10.1 Å². The van der Waals surface area contributed by atoms with Crippen LogP contribution in [0, 0.1) is 10.1 Å². The quantitative estimate of drug-likeness (QED) is 0.345. The predicted octanol–water partition coefficient (Wildman–Crippen LogP) is 1.79. The van der Waals surface area contributed by atoms with Gasteiger partial charge in [-0.25, -0.2) is 0 Å². The van der Waals surface area contributed by atoms with Crippen LogP contribution in [0.15, 0.2) is 5.10 Å². The monoisotopic (exact) mass is 313 g/mol. The van der Waals surface area contributed by atoms with Gasteiger partial charge < -0.3 is 0 Å². The lowest BCUT2D eigenvalue weighted by Gasteiger charge is -2.17. The summed E-state index contributed by atoms with van der Waals surface area (Å²) < 4.78 is 0.382. The first kappa shape index (κ1) is 10.9. The van der Waals surface area contributed by atoms with Crippen LogP contribution in [-0.2, 0) is 0 Å². The second-order valence-corrected chi connectivity index (χ2v) is 4.44. The smallest absolute Gasteiger partial charge is 0.275 e. The SMILES string of the molecule is CCCN1N=C(Br)C([N+](=O)[O-])C1Br. The average molecular weight is 315 g/mol. The van der Waals surface area contributed by atoms with E-state index < -0.39 is 6.04 Å². The van der Waals surface area contributed by atoms with Crippen molar-refractivity contribution in [2.45, 2.75) is 24.3 Å². The van der Waals surface area contributed by atoms with Crippen LogP contribution in [-0.4, -0.2) is 32.1 Å². The molecule has 0 aromatic heterocycles. The summed E-state index contributed by atoms with van der Waals surface area (Å²) >= 11 is 6.35. The van der Waals surface area contributed by atoms with E-state index in [-0.39, 0.29) is 9.87 Å². The van der Waals surface area contributed by atoms with Crippen LogP contribution >= 0.6 is 31.9 Å². The molecule has 13 heavy (non-hydrogen) atoms. The fourth-order valence-electron chi connectivity index (χ4n) is 1.10. The Kier molecular flexibility index (Phi) is 3.66. The van der Waals surface area contributed by atoms with Crippen molar-refractivity contribution in [3.05, 3.63) is 10.1 Å². The number of halogens is 2. The highest BCUT2D eigenvalue weighted by Gasteiger charge is 2.43. The van der Waals surface area contributed by atoms with E-state index in [4.69, 9.17) is 0 Å². The minimum Gasteiger partial charge on any atom is -0.275 e. The highest BCUT2D eigenvalue weighted by Crippen LogP contribution is 2.25. The molecule has 0 aliphatic carbocycles. The van der Waals surface area contributed by atoms with Gasteiger partial charge in [0, 0.05) is 11.5 Å². The van der Waals surface area contributed by atoms with Crippen molar-refractivity contribution < 1.29 is 4.92 Å². The summed E-state index contributed by atoms with van der Waals surface area (Å²) in [7, 11) is 0. The van der Waals surface area contributed by atoms with E-state index in [1.165, 1.54) is 0 Å². The summed E-state index contributed by atoms with van der Waals surface area (Å²) in [6.07, 6.45) is 0.913. The number of hydrazone groups is 1. The fourth-order valence-corrected chi connectivity index (χ4v) is 2.82. The third kappa shape index (κ3) is 2.19. The first-order valence-electron chi connectivity index (χ1n) is 3.86. The number of nitro groups is 1. The molecule has 0 aromatic carbocycles. The molecule has 0 saturated heterocycles. The van der Waals surface area contributed by atoms with Gasteiger partial charge >= 0.3 is 0 Å². The molecule has 1 aliphatic heterocycles. The molecule has 5 nitrogen and oxygen atoms in total. The highest BCUT2D eigenvalue weighted by atomic mass is 79.9. The van der Waals surface area contributed by atoms with Gasteiger partial charge in [0.25, 0.3) is 6.04 Å². The van der Waals surface area contributed by atoms with E-state index in [0.717, 1.165) is 13.0 Å². The third-order valence-electron chi connectivity index (χ3n) is 1.69. The molecule has 0 radical (unpaired) electrons. The summed E-state index contributed by atoms with van der Waals surface area (Å²) in [5, 5.41) is 16.3. The Morgan fingerprint density at radius 3 is 2.77 bits per heavy atom. The van der Waals surface area contributed by atoms with Crippen LogP contribution in [0.4, 0.5) is 0 Å². The Hall–Kier alpha value is -0.170. The molecule has 2 unspecified atom stereocenters. The van der Waals surface area contributed by atoms with Crippen LogP contribution in [0.5, 0.6) is 0 Å². The third-order valence-corrected chi connectivity index (χ3v) is 3.29. The molecule has 0 amide bonds. The number of hydrogen-bond acceptors (Lipinski definition) is 4. The van der Waals surface area contributed by atoms with Crippen molar-refractivity contribution in [2.24, 2.45) is 5.10 Å². The molecule has 0 fully saturated rings. The van der Waals surface area contributed by atoms with E-state index >= 15 is 0 Å². The van der Waals surface area contributed by atoms with Gasteiger partial charge in [-0.2, -0.15) is 5.10 Å². The summed E-state index contributed by atoms with van der Waals surface area (Å²) in [5.41, 5.74) is 0. The van der Waals surface area contributed by atoms with Crippen LogP contribution < -0.4 is 0 Å². The van der Waals surface area contributed by atoms with Gasteiger partial charge in [0.1, 0.15) is 0 Å². The number of alkyl halides is 1. The molecule has 0 spiro atoms. The van der Waals surface area contributed by atoms with E-state index in [1.807, 2.05) is 6.92 Å². The van der Waals surface area contributed by atoms with Crippen molar-refractivity contribution in [2.75, 3.05) is 6.54 Å². The summed E-state index contributed by atoms with van der Waals surface area (Å²) in [5.74, 6) is 0. The van der Waals surface area contributed by atoms with Gasteiger partial charge in [0.15, 0.2) is 9.57 Å². The highest BCUT2D eigenvalue weighted by molar-refractivity contribution is 9.18. The summed E-state index contributed by atoms with van der Waals surface area (Å²) in [4.78, 5) is 9.93. The number of nitrogens with zero attached hydrogens (tertiary/aromatic N) is 3. The normalized spacial score (nSPS) is 27.6. The molecule has 1 rings (SSSR count). The van der Waals surface area contributed by atoms with E-state index in [0.29, 0.717) is 4.62 Å². The molecular weight excluding hydrogens is 306 g/mol. The topological polar surface area (TPSA) is 58.7 Å². The van der Waals surface area contributed by atoms with Crippen molar-refractivity contribution in [3.8, 4) is 0 Å². The van der Waals surface area contributed by atoms with Crippen molar-refractivity contribution in [3.63, 3.8) is 0 Å². The summed E-state index contributed by atoms with van der Waals surface area (Å²) in [6, 6.07) is -0.786. The summed E-state index contributed by atoms with van der Waals surface area (Å²) in [6.45, 7) is 2.72. The van der Waals surface area contributed by atoms with Crippen LogP contribution in [0.1, 0.15) is 13.3 Å². The maximum atomic E-state index is 10.6. The van der Waals surface area contributed by atoms with Gasteiger partial charge in [0.2, 0.25) is 0 Å². The Bertz CT molecular complexity index is 246. The molecule has 0 saturated carbocycles. The zero-order valence-electron chi connectivity index (χ0n) is 6.98. The fraction of sp³-hybridized carbons (Fsp3) is 0.833. The Morgan fingerprint density at radius 1 is 1.77 bits per heavy atom. The molecular formula is C6H9Br2N3O2. The number of rotatable bonds is 3. The lowest BCUT2D eigenvalue weighted by Crippen LogP contribution is -2.37. The molecule has 2 atom stereocenters. The minimum atomic E-state index is -0.786. The maximum Gasteiger partial charge on any atom is 0.294 e. The van der Waals surface area contributed by atoms with Crippen LogP contribution in [0.25, 0.3) is 0 Å². The van der Waals surface area contributed by atoms with Crippen molar-refractivity contribution >= 4 is 36.5 Å². The van der Waals surface area contributed by atoms with Crippen molar-refractivity contribution in [1.29, 1.82) is 0 Å². The second kappa shape index (κ2) is 4.36. The van der Waals surface area contributed by atoms with Crippen LogP contribution in [0.2, 0.25) is 0 Å². The molecule has 1 heterocycles. The van der Waals surface area contributed by atoms with E-state index in [2.05, 4.69) is 37.0 Å². The standard InChI is InChI=1S/C6H9Br2N3O2/c1-2-3-10-6(8)4(11(12)13)5(7)9-10/h4,6H,2-3H2,1H3. The lowest BCUT2D eigenvalue weighted by atomic mass is 10.3. The molecule has 0 bridgehead atoms. The molecule has 74 valence electrons. The molecule has 0 N–H and O–H groups in total. The average Bonchev–Trinajstić information content (AvgIpc) is 2.28. The van der Waals surface area contributed by atoms with Gasteiger partial charge in [-0.3, -0.25) is 15.1 Å². The van der Waals surface area contributed by atoms with Gasteiger partial charge in [-0.15, -0.1) is 0 Å². The number of hydrogen-bond donors (Lipinski definition) is 0. The maximum absolute atomic E-state index is 10.6. The van der Waals surface area contributed by atoms with Crippen molar-refractivity contribution in [1.82, 2.24) is 5.01 Å². The minimum absolute atomic E-state index is 0.336. The molecule has 7 heteroatoms. The Balaban J connectivity index is 2.73. The molecule has 0 aromatic rings. The first-order valence-corrected chi connectivity index (χ1v) is 5.57. The Labute approximate surface area is 92.6 Å². The first-order chi connectivity index (χ1) is 6.07. The van der Waals surface area contributed by atoms with Gasteiger partial charge in [0.05, 0.1) is 0 Å². The van der Waals surface area contributed by atoms with Gasteiger partial charge in [-0.1, -0.05) is 22.9 Å².